The van der Waals surface area contributed by atoms with Gasteiger partial charge in [0, 0.05) is 21.8 Å². The second-order valence-corrected chi connectivity index (χ2v) is 8.08. The van der Waals surface area contributed by atoms with Crippen molar-refractivity contribution in [2.45, 2.75) is 0 Å². The Hall–Kier alpha value is -3.20. The highest BCUT2D eigenvalue weighted by Crippen LogP contribution is 2.32. The molecule has 0 unspecified atom stereocenters. The average Bonchev–Trinajstić information content (AvgIpc) is 3.45. The van der Waals surface area contributed by atoms with Crippen LogP contribution in [0.25, 0.3) is 26.9 Å². The number of amides is 1. The zero-order valence-corrected chi connectivity index (χ0v) is 17.4. The number of carbonyl (C=O) groups is 1. The number of hydrogen-bond donors (Lipinski definition) is 1. The number of carbonyl (C=O) groups excluding carboxylic acids is 1. The lowest BCUT2D eigenvalue weighted by Gasteiger charge is -2.04. The standard InChI is InChI=1S/C20H11Cl2N5O2S/c21-12-3-6-14(15(22)9-12)16-7-8-17(29-16)18(28)24-13-4-1-11(2-5-13)19-26-27-10-23-25-20(27)30-19/h1-10H,(H,24,28). The van der Waals surface area contributed by atoms with E-state index in [1.807, 2.05) is 12.1 Å². The number of benzene rings is 2. The smallest absolute Gasteiger partial charge is 0.291 e. The lowest BCUT2D eigenvalue weighted by Crippen LogP contribution is -2.10. The van der Waals surface area contributed by atoms with E-state index in [-0.39, 0.29) is 11.7 Å². The van der Waals surface area contributed by atoms with Gasteiger partial charge < -0.3 is 9.73 Å². The monoisotopic (exact) mass is 455 g/mol. The molecular formula is C20H11Cl2N5O2S. The zero-order valence-electron chi connectivity index (χ0n) is 15.0. The van der Waals surface area contributed by atoms with Crippen LogP contribution in [0.5, 0.6) is 0 Å². The zero-order chi connectivity index (χ0) is 20.7. The molecule has 0 aliphatic heterocycles. The Labute approximate surface area is 183 Å². The lowest BCUT2D eigenvalue weighted by molar-refractivity contribution is 0.0997. The first-order valence-electron chi connectivity index (χ1n) is 8.71. The van der Waals surface area contributed by atoms with Crippen molar-refractivity contribution in [2.75, 3.05) is 5.32 Å². The maximum atomic E-state index is 12.5. The highest BCUT2D eigenvalue weighted by Gasteiger charge is 2.15. The van der Waals surface area contributed by atoms with Crippen LogP contribution in [0.1, 0.15) is 10.6 Å². The van der Waals surface area contributed by atoms with Crippen molar-refractivity contribution < 1.29 is 9.21 Å². The number of furan rings is 1. The fourth-order valence-electron chi connectivity index (χ4n) is 2.86. The summed E-state index contributed by atoms with van der Waals surface area (Å²) in [6, 6.07) is 15.7. The Morgan fingerprint density at radius 3 is 2.67 bits per heavy atom. The molecule has 0 aliphatic carbocycles. The van der Waals surface area contributed by atoms with E-state index in [0.29, 0.717) is 27.1 Å². The van der Waals surface area contributed by atoms with E-state index in [1.54, 1.807) is 53.3 Å². The van der Waals surface area contributed by atoms with E-state index in [0.717, 1.165) is 15.5 Å². The summed E-state index contributed by atoms with van der Waals surface area (Å²) in [4.78, 5) is 13.3. The van der Waals surface area contributed by atoms with E-state index in [4.69, 9.17) is 27.6 Å². The third kappa shape index (κ3) is 3.56. The molecule has 5 aromatic rings. The van der Waals surface area contributed by atoms with Crippen LogP contribution in [-0.2, 0) is 0 Å². The maximum Gasteiger partial charge on any atom is 0.291 e. The van der Waals surface area contributed by atoms with Gasteiger partial charge >= 0.3 is 0 Å². The fraction of sp³-hybridized carbons (Fsp3) is 0. The van der Waals surface area contributed by atoms with Crippen LogP contribution >= 0.6 is 34.5 Å². The van der Waals surface area contributed by atoms with Gasteiger partial charge in [0.15, 0.2) is 5.76 Å². The first kappa shape index (κ1) is 18.8. The Morgan fingerprint density at radius 1 is 1.07 bits per heavy atom. The van der Waals surface area contributed by atoms with Crippen LogP contribution in [0.15, 0.2) is 65.3 Å². The van der Waals surface area contributed by atoms with Crippen molar-refractivity contribution >= 4 is 51.1 Å². The minimum atomic E-state index is -0.363. The Bertz CT molecular complexity index is 1350. The molecule has 7 nitrogen and oxygen atoms in total. The van der Waals surface area contributed by atoms with Crippen LogP contribution < -0.4 is 5.32 Å². The Kier molecular flexibility index (Phi) is 4.74. The van der Waals surface area contributed by atoms with Crippen molar-refractivity contribution in [1.29, 1.82) is 0 Å². The summed E-state index contributed by atoms with van der Waals surface area (Å²) < 4.78 is 7.30. The summed E-state index contributed by atoms with van der Waals surface area (Å²) in [6.07, 6.45) is 1.55. The summed E-state index contributed by atoms with van der Waals surface area (Å²) in [6.45, 7) is 0. The van der Waals surface area contributed by atoms with E-state index >= 15 is 0 Å². The SMILES string of the molecule is O=C(Nc1ccc(-c2nn3cnnc3s2)cc1)c1ccc(-c2ccc(Cl)cc2Cl)o1. The quantitative estimate of drug-likeness (QED) is 0.377. The van der Waals surface area contributed by atoms with Gasteiger partial charge in [0.25, 0.3) is 5.91 Å². The van der Waals surface area contributed by atoms with Gasteiger partial charge in [-0.15, -0.1) is 10.2 Å². The van der Waals surface area contributed by atoms with Crippen LogP contribution in [0.2, 0.25) is 10.0 Å². The van der Waals surface area contributed by atoms with Crippen molar-refractivity contribution in [1.82, 2.24) is 19.8 Å². The first-order valence-corrected chi connectivity index (χ1v) is 10.3. The molecule has 1 N–H and O–H groups in total. The predicted molar refractivity (Wildman–Crippen MR) is 116 cm³/mol. The van der Waals surface area contributed by atoms with Gasteiger partial charge in [-0.05, 0) is 54.6 Å². The molecule has 148 valence electrons. The molecule has 0 bridgehead atoms. The van der Waals surface area contributed by atoms with Crippen molar-refractivity contribution in [2.24, 2.45) is 0 Å². The third-order valence-electron chi connectivity index (χ3n) is 4.30. The molecule has 5 rings (SSSR count). The number of anilines is 1. The molecule has 0 radical (unpaired) electrons. The molecule has 0 fully saturated rings. The van der Waals surface area contributed by atoms with Gasteiger partial charge in [0.05, 0.1) is 5.02 Å². The molecular weight excluding hydrogens is 445 g/mol. The fourth-order valence-corrected chi connectivity index (χ4v) is 4.19. The highest BCUT2D eigenvalue weighted by molar-refractivity contribution is 7.19. The normalized spacial score (nSPS) is 11.1. The van der Waals surface area contributed by atoms with Crippen LogP contribution in [0.4, 0.5) is 5.69 Å². The van der Waals surface area contributed by atoms with Gasteiger partial charge in [-0.1, -0.05) is 34.5 Å². The summed E-state index contributed by atoms with van der Waals surface area (Å²) in [5.74, 6) is 0.298. The van der Waals surface area contributed by atoms with E-state index in [9.17, 15) is 4.79 Å². The molecule has 1 amide bonds. The molecule has 0 spiro atoms. The number of nitrogens with zero attached hydrogens (tertiary/aromatic N) is 4. The van der Waals surface area contributed by atoms with Crippen molar-refractivity contribution in [3.63, 3.8) is 0 Å². The van der Waals surface area contributed by atoms with Crippen molar-refractivity contribution in [3.8, 4) is 21.9 Å². The summed E-state index contributed by atoms with van der Waals surface area (Å²) in [7, 11) is 0. The molecule has 3 heterocycles. The topological polar surface area (TPSA) is 85.3 Å². The second-order valence-electron chi connectivity index (χ2n) is 6.28. The average molecular weight is 456 g/mol. The molecule has 3 aromatic heterocycles. The van der Waals surface area contributed by atoms with E-state index in [2.05, 4.69) is 20.6 Å². The van der Waals surface area contributed by atoms with Crippen molar-refractivity contribution in [3.05, 3.63) is 76.7 Å². The maximum absolute atomic E-state index is 12.5. The summed E-state index contributed by atoms with van der Waals surface area (Å²) >= 11 is 13.6. The molecule has 0 aliphatic rings. The highest BCUT2D eigenvalue weighted by atomic mass is 35.5. The lowest BCUT2D eigenvalue weighted by atomic mass is 10.2. The number of halogens is 2. The van der Waals surface area contributed by atoms with Crippen LogP contribution in [-0.4, -0.2) is 25.7 Å². The Balaban J connectivity index is 1.32. The molecule has 0 saturated carbocycles. The Morgan fingerprint density at radius 2 is 1.90 bits per heavy atom. The van der Waals surface area contributed by atoms with Gasteiger partial charge in [0.1, 0.15) is 17.1 Å². The third-order valence-corrected chi connectivity index (χ3v) is 5.81. The van der Waals surface area contributed by atoms with Gasteiger partial charge in [-0.3, -0.25) is 4.79 Å². The summed E-state index contributed by atoms with van der Waals surface area (Å²) in [5.41, 5.74) is 2.21. The molecule has 10 heteroatoms. The number of aromatic nitrogens is 4. The van der Waals surface area contributed by atoms with E-state index in [1.165, 1.54) is 11.3 Å². The minimum Gasteiger partial charge on any atom is -0.451 e. The van der Waals surface area contributed by atoms with Crippen LogP contribution in [0, 0.1) is 0 Å². The number of fused-ring (bicyclic) bond motifs is 1. The van der Waals surface area contributed by atoms with Gasteiger partial charge in [0.2, 0.25) is 4.96 Å². The van der Waals surface area contributed by atoms with E-state index < -0.39 is 0 Å². The molecule has 2 aromatic carbocycles. The molecule has 30 heavy (non-hydrogen) atoms. The van der Waals surface area contributed by atoms with Gasteiger partial charge in [-0.2, -0.15) is 9.61 Å². The minimum absolute atomic E-state index is 0.175. The number of hydrogen-bond acceptors (Lipinski definition) is 6. The number of nitrogens with one attached hydrogen (secondary N) is 1. The molecule has 0 atom stereocenters. The largest absolute Gasteiger partial charge is 0.451 e. The second kappa shape index (κ2) is 7.56. The van der Waals surface area contributed by atoms with Crippen LogP contribution in [0.3, 0.4) is 0 Å². The summed E-state index contributed by atoms with van der Waals surface area (Å²) in [5, 5.41) is 16.8. The predicted octanol–water partition coefficient (Wildman–Crippen LogP) is 5.67. The number of rotatable bonds is 4. The molecule has 0 saturated heterocycles. The first-order chi connectivity index (χ1) is 14.6. The van der Waals surface area contributed by atoms with Gasteiger partial charge in [-0.25, -0.2) is 0 Å².